The van der Waals surface area contributed by atoms with Crippen LogP contribution in [0.1, 0.15) is 53.1 Å². The Hall–Kier alpha value is -5.17. The van der Waals surface area contributed by atoms with E-state index >= 15 is 0 Å². The van der Waals surface area contributed by atoms with Crippen LogP contribution in [-0.4, -0.2) is 38.3 Å². The average molecular weight is 722 g/mol. The Bertz CT molecular complexity index is 1810. The molecule has 0 saturated carbocycles. The van der Waals surface area contributed by atoms with E-state index in [1.165, 1.54) is 0 Å². The highest BCUT2D eigenvalue weighted by molar-refractivity contribution is 9.10. The molecule has 5 rings (SSSR count). The summed E-state index contributed by atoms with van der Waals surface area (Å²) < 4.78 is 22.0. The second-order valence-electron chi connectivity index (χ2n) is 12.4. The lowest BCUT2D eigenvalue weighted by atomic mass is 10.2. The topological polar surface area (TPSA) is 168 Å². The molecule has 0 bridgehead atoms. The molecule has 13 heteroatoms. The van der Waals surface area contributed by atoms with Crippen molar-refractivity contribution >= 4 is 45.2 Å². The number of aryl methyl sites for hydroxylation is 2. The molecule has 0 unspecified atom stereocenters. The molecule has 48 heavy (non-hydrogen) atoms. The lowest BCUT2D eigenvalue weighted by Gasteiger charge is -2.19. The van der Waals surface area contributed by atoms with Crippen LogP contribution in [0.5, 0.6) is 0 Å². The monoisotopic (exact) mass is 720 g/mol. The van der Waals surface area contributed by atoms with Crippen LogP contribution < -0.4 is 16.4 Å². The number of rotatable bonds is 4. The summed E-state index contributed by atoms with van der Waals surface area (Å²) in [7, 11) is 0. The van der Waals surface area contributed by atoms with Crippen LogP contribution in [0.2, 0.25) is 0 Å². The Morgan fingerprint density at radius 2 is 1.10 bits per heavy atom. The zero-order valence-electron chi connectivity index (χ0n) is 28.3. The third-order valence-electron chi connectivity index (χ3n) is 5.54. The summed E-state index contributed by atoms with van der Waals surface area (Å²) in [5.74, 6) is 3.23. The van der Waals surface area contributed by atoms with Gasteiger partial charge in [0.25, 0.3) is 0 Å². The number of nitrogens with one attached hydrogen (secondary N) is 2. The first-order valence-electron chi connectivity index (χ1n) is 14.9. The first-order chi connectivity index (χ1) is 22.5. The first kappa shape index (κ1) is 37.3. The summed E-state index contributed by atoms with van der Waals surface area (Å²) in [6.45, 7) is 14.7. The molecule has 2 amide bonds. The maximum absolute atomic E-state index is 11.7. The molecule has 0 aliphatic rings. The summed E-state index contributed by atoms with van der Waals surface area (Å²) in [6, 6.07) is 12.9. The highest BCUT2D eigenvalue weighted by Crippen LogP contribution is 2.24. The standard InChI is InChI=1S/C15H18N2O3.C10H13BrN2O2.C10H10N2O/c1-10-5-6-13(19-10)11-7-12(9-16-8-11)17-14(18)20-15(2,3)4;1-10(2,3)15-9(14)13-8-4-7(11)5-12-6-8;1-7-2-3-10(13-7)8-4-9(11)6-12-5-8/h5-9H,1-4H3,(H,17,18);4-6H,1-3H3,(H,13,14);2-6H,11H2,1H3. The fourth-order valence-electron chi connectivity index (χ4n) is 3.74. The van der Waals surface area contributed by atoms with Gasteiger partial charge < -0.3 is 24.0 Å². The van der Waals surface area contributed by atoms with Crippen LogP contribution in [-0.2, 0) is 9.47 Å². The normalized spacial score (nSPS) is 10.9. The fraction of sp³-hybridized carbons (Fsp3) is 0.286. The van der Waals surface area contributed by atoms with Gasteiger partial charge in [0.15, 0.2) is 0 Å². The molecule has 0 atom stereocenters. The number of hydrogen-bond acceptors (Lipinski definition) is 10. The van der Waals surface area contributed by atoms with E-state index in [-0.39, 0.29) is 0 Å². The fourth-order valence-corrected chi connectivity index (χ4v) is 4.10. The molecule has 5 aromatic rings. The molecule has 0 aromatic carbocycles. The number of halogens is 1. The van der Waals surface area contributed by atoms with Gasteiger partial charge in [0.2, 0.25) is 0 Å². The molecule has 0 aliphatic heterocycles. The predicted octanol–water partition coefficient (Wildman–Crippen LogP) is 9.42. The van der Waals surface area contributed by atoms with Gasteiger partial charge in [0, 0.05) is 40.4 Å². The number of nitrogens with two attached hydrogens (primary N) is 1. The van der Waals surface area contributed by atoms with Gasteiger partial charge in [-0.15, -0.1) is 0 Å². The van der Waals surface area contributed by atoms with Gasteiger partial charge in [0.1, 0.15) is 34.2 Å². The highest BCUT2D eigenvalue weighted by atomic mass is 79.9. The number of pyridine rings is 3. The molecule has 5 aromatic heterocycles. The summed E-state index contributed by atoms with van der Waals surface area (Å²) in [5, 5.41) is 5.24. The van der Waals surface area contributed by atoms with Crippen LogP contribution in [0.15, 0.2) is 93.0 Å². The van der Waals surface area contributed by atoms with Gasteiger partial charge in [0.05, 0.1) is 29.5 Å². The van der Waals surface area contributed by atoms with E-state index in [1.54, 1.807) is 49.3 Å². The van der Waals surface area contributed by atoms with E-state index < -0.39 is 23.4 Å². The van der Waals surface area contributed by atoms with Crippen molar-refractivity contribution in [1.29, 1.82) is 0 Å². The number of ether oxygens (including phenoxy) is 2. The van der Waals surface area contributed by atoms with Gasteiger partial charge in [-0.05, 0) is 114 Å². The first-order valence-corrected chi connectivity index (χ1v) is 15.6. The quantitative estimate of drug-likeness (QED) is 0.163. The van der Waals surface area contributed by atoms with Crippen molar-refractivity contribution in [2.75, 3.05) is 16.4 Å². The molecule has 0 aliphatic carbocycles. The minimum atomic E-state index is -0.534. The number of carbonyl (C=O) groups excluding carboxylic acids is 2. The van der Waals surface area contributed by atoms with Crippen LogP contribution in [0, 0.1) is 13.8 Å². The Morgan fingerprint density at radius 3 is 1.52 bits per heavy atom. The lowest BCUT2D eigenvalue weighted by Crippen LogP contribution is -2.27. The van der Waals surface area contributed by atoms with Crippen molar-refractivity contribution in [2.24, 2.45) is 0 Å². The number of amides is 2. The maximum atomic E-state index is 11.7. The molecular weight excluding hydrogens is 680 g/mol. The number of hydrogen-bond donors (Lipinski definition) is 3. The third-order valence-corrected chi connectivity index (χ3v) is 5.98. The highest BCUT2D eigenvalue weighted by Gasteiger charge is 2.17. The molecule has 0 fully saturated rings. The maximum Gasteiger partial charge on any atom is 0.412 e. The smallest absolute Gasteiger partial charge is 0.412 e. The van der Waals surface area contributed by atoms with Gasteiger partial charge in [-0.1, -0.05) is 0 Å². The Morgan fingerprint density at radius 1 is 0.667 bits per heavy atom. The van der Waals surface area contributed by atoms with Crippen molar-refractivity contribution in [3.05, 3.63) is 95.6 Å². The molecule has 12 nitrogen and oxygen atoms in total. The average Bonchev–Trinajstić information content (AvgIpc) is 3.60. The lowest BCUT2D eigenvalue weighted by molar-refractivity contribution is 0.0624. The third kappa shape index (κ3) is 13.7. The summed E-state index contributed by atoms with van der Waals surface area (Å²) >= 11 is 3.26. The van der Waals surface area contributed by atoms with Gasteiger partial charge in [-0.3, -0.25) is 25.6 Å². The molecule has 0 radical (unpaired) electrons. The van der Waals surface area contributed by atoms with Crippen molar-refractivity contribution in [1.82, 2.24) is 15.0 Å². The molecule has 4 N–H and O–H groups in total. The minimum Gasteiger partial charge on any atom is -0.461 e. The Kier molecular flexibility index (Phi) is 12.9. The SMILES string of the molecule is CC(C)(C)OC(=O)Nc1cncc(Br)c1.Cc1ccc(-c2cncc(N)c2)o1.Cc1ccc(-c2cncc(NC(=O)OC(C)(C)C)c2)o1. The molecule has 254 valence electrons. The Balaban J connectivity index is 0.000000201. The number of aromatic nitrogens is 3. The Labute approximate surface area is 288 Å². The summed E-state index contributed by atoms with van der Waals surface area (Å²) in [4.78, 5) is 35.0. The van der Waals surface area contributed by atoms with Crippen LogP contribution in [0.4, 0.5) is 26.7 Å². The van der Waals surface area contributed by atoms with E-state index in [0.717, 1.165) is 32.9 Å². The second-order valence-corrected chi connectivity index (χ2v) is 13.4. The largest absolute Gasteiger partial charge is 0.461 e. The second kappa shape index (κ2) is 16.6. The number of furan rings is 2. The summed E-state index contributed by atoms with van der Waals surface area (Å²) in [6.07, 6.45) is 8.78. The van der Waals surface area contributed by atoms with Crippen molar-refractivity contribution in [3.63, 3.8) is 0 Å². The van der Waals surface area contributed by atoms with E-state index in [4.69, 9.17) is 24.0 Å². The van der Waals surface area contributed by atoms with E-state index in [0.29, 0.717) is 22.8 Å². The van der Waals surface area contributed by atoms with Gasteiger partial charge >= 0.3 is 12.2 Å². The molecule has 0 saturated heterocycles. The van der Waals surface area contributed by atoms with E-state index in [9.17, 15) is 9.59 Å². The minimum absolute atomic E-state index is 0.484. The zero-order valence-corrected chi connectivity index (χ0v) is 29.8. The van der Waals surface area contributed by atoms with E-state index in [1.807, 2.05) is 85.7 Å². The molecule has 5 heterocycles. The predicted molar refractivity (Wildman–Crippen MR) is 189 cm³/mol. The molecule has 0 spiro atoms. The summed E-state index contributed by atoms with van der Waals surface area (Å²) in [5.41, 5.74) is 8.08. The van der Waals surface area contributed by atoms with Crippen LogP contribution in [0.3, 0.4) is 0 Å². The van der Waals surface area contributed by atoms with Crippen LogP contribution >= 0.6 is 15.9 Å². The van der Waals surface area contributed by atoms with Crippen LogP contribution in [0.25, 0.3) is 22.6 Å². The van der Waals surface area contributed by atoms with Crippen molar-refractivity contribution in [2.45, 2.75) is 66.6 Å². The van der Waals surface area contributed by atoms with E-state index in [2.05, 4.69) is 41.5 Å². The van der Waals surface area contributed by atoms with Gasteiger partial charge in [-0.25, -0.2) is 9.59 Å². The number of nitrogens with zero attached hydrogens (tertiary/aromatic N) is 3. The number of nitrogen functional groups attached to an aromatic ring is 1. The van der Waals surface area contributed by atoms with Crippen molar-refractivity contribution in [3.8, 4) is 22.6 Å². The van der Waals surface area contributed by atoms with Gasteiger partial charge in [-0.2, -0.15) is 0 Å². The zero-order chi connectivity index (χ0) is 35.5. The van der Waals surface area contributed by atoms with Crippen molar-refractivity contribution < 1.29 is 27.9 Å². The number of carbonyl (C=O) groups is 2. The molecular formula is C35H41BrN6O6. The number of anilines is 3.